The Labute approximate surface area is 185 Å². The highest BCUT2D eigenvalue weighted by molar-refractivity contribution is 7.16. The molecule has 0 radical (unpaired) electrons. The van der Waals surface area contributed by atoms with Gasteiger partial charge in [-0.1, -0.05) is 32.9 Å². The van der Waals surface area contributed by atoms with Crippen LogP contribution in [0.15, 0.2) is 41.8 Å². The molecular formula is C23H27N3O2S2. The van der Waals surface area contributed by atoms with Crippen molar-refractivity contribution in [3.63, 3.8) is 0 Å². The van der Waals surface area contributed by atoms with Crippen LogP contribution in [0.4, 0.5) is 0 Å². The molecule has 0 unspecified atom stereocenters. The second-order valence-corrected chi connectivity index (χ2v) is 10.4. The van der Waals surface area contributed by atoms with Crippen molar-refractivity contribution < 1.29 is 9.59 Å². The first-order chi connectivity index (χ1) is 14.2. The summed E-state index contributed by atoms with van der Waals surface area (Å²) in [5, 5.41) is 8.65. The lowest BCUT2D eigenvalue weighted by Crippen LogP contribution is -2.37. The van der Waals surface area contributed by atoms with Crippen LogP contribution >= 0.6 is 22.7 Å². The molecule has 0 bridgehead atoms. The molecule has 0 atom stereocenters. The number of nitrogens with one attached hydrogen (secondary N) is 2. The fourth-order valence-electron chi connectivity index (χ4n) is 2.90. The molecule has 0 saturated carbocycles. The topological polar surface area (TPSA) is 71.1 Å². The number of carbonyl (C=O) groups excluding carboxylic acids is 2. The lowest BCUT2D eigenvalue weighted by molar-refractivity contribution is -0.120. The maximum atomic E-state index is 12.3. The van der Waals surface area contributed by atoms with E-state index in [1.54, 1.807) is 34.8 Å². The molecule has 2 N–H and O–H groups in total. The van der Waals surface area contributed by atoms with Crippen LogP contribution in [-0.2, 0) is 16.6 Å². The zero-order chi connectivity index (χ0) is 21.7. The van der Waals surface area contributed by atoms with Gasteiger partial charge in [0.15, 0.2) is 0 Å². The van der Waals surface area contributed by atoms with Crippen molar-refractivity contribution in [2.45, 2.75) is 39.5 Å². The summed E-state index contributed by atoms with van der Waals surface area (Å²) in [5.41, 5.74) is 2.77. The summed E-state index contributed by atoms with van der Waals surface area (Å²) < 4.78 is 0. The van der Waals surface area contributed by atoms with Crippen LogP contribution in [0.1, 0.15) is 46.6 Å². The van der Waals surface area contributed by atoms with Crippen molar-refractivity contribution >= 4 is 34.5 Å². The zero-order valence-electron chi connectivity index (χ0n) is 17.7. The Morgan fingerprint density at radius 2 is 1.77 bits per heavy atom. The van der Waals surface area contributed by atoms with Gasteiger partial charge in [-0.3, -0.25) is 9.59 Å². The molecule has 2 heterocycles. The summed E-state index contributed by atoms with van der Waals surface area (Å²) in [6.45, 7) is 8.88. The Hall–Kier alpha value is -2.51. The number of thiazole rings is 1. The molecule has 0 aliphatic heterocycles. The van der Waals surface area contributed by atoms with Crippen LogP contribution in [0.5, 0.6) is 0 Å². The van der Waals surface area contributed by atoms with Gasteiger partial charge >= 0.3 is 0 Å². The normalized spacial score (nSPS) is 11.3. The number of hydrogen-bond acceptors (Lipinski definition) is 5. The quantitative estimate of drug-likeness (QED) is 0.564. The molecule has 158 valence electrons. The predicted molar refractivity (Wildman–Crippen MR) is 124 cm³/mol. The fourth-order valence-corrected chi connectivity index (χ4v) is 4.55. The third-order valence-corrected chi connectivity index (χ3v) is 6.59. The number of carbonyl (C=O) groups is 2. The number of aromatic nitrogens is 1. The summed E-state index contributed by atoms with van der Waals surface area (Å²) >= 11 is 3.33. The Morgan fingerprint density at radius 3 is 2.40 bits per heavy atom. The second kappa shape index (κ2) is 9.53. The fraction of sp³-hybridized carbons (Fsp3) is 0.348. The number of nitrogens with zero attached hydrogens (tertiary/aromatic N) is 1. The summed E-state index contributed by atoms with van der Waals surface area (Å²) in [4.78, 5) is 31.1. The van der Waals surface area contributed by atoms with Gasteiger partial charge in [-0.05, 0) is 48.6 Å². The van der Waals surface area contributed by atoms with Gasteiger partial charge in [-0.15, -0.1) is 22.7 Å². The Morgan fingerprint density at radius 1 is 1.03 bits per heavy atom. The smallest absolute Gasteiger partial charge is 0.251 e. The minimum Gasteiger partial charge on any atom is -0.354 e. The molecule has 3 aromatic rings. The molecule has 0 aliphatic rings. The molecule has 0 saturated heterocycles. The number of amides is 2. The number of thiophene rings is 1. The van der Waals surface area contributed by atoms with E-state index in [2.05, 4.69) is 53.9 Å². The molecular weight excluding hydrogens is 414 g/mol. The maximum absolute atomic E-state index is 12.3. The highest BCUT2D eigenvalue weighted by Crippen LogP contribution is 2.29. The molecule has 7 heteroatoms. The van der Waals surface area contributed by atoms with Crippen LogP contribution in [0, 0.1) is 6.92 Å². The number of hydrogen-bond donors (Lipinski definition) is 2. The zero-order valence-corrected chi connectivity index (χ0v) is 19.4. The molecule has 3 rings (SSSR count). The van der Waals surface area contributed by atoms with E-state index in [1.807, 2.05) is 19.1 Å². The van der Waals surface area contributed by atoms with E-state index in [4.69, 9.17) is 0 Å². The van der Waals surface area contributed by atoms with E-state index >= 15 is 0 Å². The molecule has 2 aromatic heterocycles. The number of aryl methyl sites for hydroxylation is 1. The molecule has 5 nitrogen and oxygen atoms in total. The van der Waals surface area contributed by atoms with Gasteiger partial charge in [-0.2, -0.15) is 0 Å². The Kier molecular flexibility index (Phi) is 7.05. The van der Waals surface area contributed by atoms with Gasteiger partial charge in [-0.25, -0.2) is 4.98 Å². The van der Waals surface area contributed by atoms with Crippen molar-refractivity contribution in [1.29, 1.82) is 0 Å². The van der Waals surface area contributed by atoms with Gasteiger partial charge in [0.2, 0.25) is 5.91 Å². The van der Waals surface area contributed by atoms with Gasteiger partial charge < -0.3 is 10.6 Å². The van der Waals surface area contributed by atoms with Crippen LogP contribution < -0.4 is 10.6 Å². The average Bonchev–Trinajstić information content (AvgIpc) is 3.34. The van der Waals surface area contributed by atoms with Gasteiger partial charge in [0, 0.05) is 22.4 Å². The minimum absolute atomic E-state index is 0.0341. The predicted octanol–water partition coefficient (Wildman–Crippen LogP) is 4.57. The van der Waals surface area contributed by atoms with E-state index < -0.39 is 0 Å². The van der Waals surface area contributed by atoms with Crippen molar-refractivity contribution in [3.8, 4) is 10.6 Å². The molecule has 0 spiro atoms. The summed E-state index contributed by atoms with van der Waals surface area (Å²) in [7, 11) is 0. The standard InChI is InChI=1S/C23H27N3O2S2/c1-15-26-19(14-29-15)20-10-9-18(30-20)11-12-24-21(27)13-25-22(28)16-5-7-17(8-6-16)23(2,3)4/h5-10,14H,11-13H2,1-4H3,(H,24,27)(H,25,28). The van der Waals surface area contributed by atoms with Crippen molar-refractivity contribution in [2.24, 2.45) is 0 Å². The van der Waals surface area contributed by atoms with Crippen LogP contribution in [0.25, 0.3) is 10.6 Å². The first-order valence-electron chi connectivity index (χ1n) is 9.89. The Bertz CT molecular complexity index is 1010. The third kappa shape index (κ3) is 6.00. The highest BCUT2D eigenvalue weighted by atomic mass is 32.1. The van der Waals surface area contributed by atoms with Crippen LogP contribution in [-0.4, -0.2) is 29.9 Å². The highest BCUT2D eigenvalue weighted by Gasteiger charge is 2.14. The first-order valence-corrected chi connectivity index (χ1v) is 11.6. The average molecular weight is 442 g/mol. The summed E-state index contributed by atoms with van der Waals surface area (Å²) in [6.07, 6.45) is 0.752. The molecule has 30 heavy (non-hydrogen) atoms. The largest absolute Gasteiger partial charge is 0.354 e. The second-order valence-electron chi connectivity index (χ2n) is 8.13. The summed E-state index contributed by atoms with van der Waals surface area (Å²) in [6, 6.07) is 11.7. The third-order valence-electron chi connectivity index (χ3n) is 4.65. The van der Waals surface area contributed by atoms with Crippen molar-refractivity contribution in [2.75, 3.05) is 13.1 Å². The summed E-state index contributed by atoms with van der Waals surface area (Å²) in [5.74, 6) is -0.436. The van der Waals surface area contributed by atoms with Gasteiger partial charge in [0.25, 0.3) is 5.91 Å². The van der Waals surface area contributed by atoms with E-state index in [0.717, 1.165) is 22.0 Å². The van der Waals surface area contributed by atoms with Gasteiger partial charge in [0.1, 0.15) is 0 Å². The van der Waals surface area contributed by atoms with Crippen molar-refractivity contribution in [3.05, 3.63) is 62.8 Å². The SMILES string of the molecule is Cc1nc(-c2ccc(CCNC(=O)CNC(=O)c3ccc(C(C)(C)C)cc3)s2)cs1. The molecule has 0 fully saturated rings. The maximum Gasteiger partial charge on any atom is 0.251 e. The van der Waals surface area contributed by atoms with E-state index in [1.165, 1.54) is 10.4 Å². The van der Waals surface area contributed by atoms with E-state index in [0.29, 0.717) is 12.1 Å². The van der Waals surface area contributed by atoms with E-state index in [-0.39, 0.29) is 23.8 Å². The Balaban J connectivity index is 1.41. The van der Waals surface area contributed by atoms with E-state index in [9.17, 15) is 9.59 Å². The van der Waals surface area contributed by atoms with Crippen LogP contribution in [0.2, 0.25) is 0 Å². The monoisotopic (exact) mass is 441 g/mol. The number of benzene rings is 1. The lowest BCUT2D eigenvalue weighted by Gasteiger charge is -2.19. The van der Waals surface area contributed by atoms with Gasteiger partial charge in [0.05, 0.1) is 22.1 Å². The molecule has 2 amide bonds. The molecule has 1 aromatic carbocycles. The lowest BCUT2D eigenvalue weighted by atomic mass is 9.87. The van der Waals surface area contributed by atoms with Crippen LogP contribution in [0.3, 0.4) is 0 Å². The minimum atomic E-state index is -0.243. The van der Waals surface area contributed by atoms with Crippen molar-refractivity contribution in [1.82, 2.24) is 15.6 Å². The number of rotatable bonds is 7. The first kappa shape index (κ1) is 22.2. The molecule has 0 aliphatic carbocycles.